The predicted molar refractivity (Wildman–Crippen MR) is 213 cm³/mol. The highest BCUT2D eigenvalue weighted by Gasteiger charge is 2.50. The summed E-state index contributed by atoms with van der Waals surface area (Å²) in [6.45, 7) is 4.09. The van der Waals surface area contributed by atoms with Crippen LogP contribution in [-0.2, 0) is 49.0 Å². The molecule has 336 valence electrons. The average Bonchev–Trinajstić information content (AvgIpc) is 3.81. The maximum absolute atomic E-state index is 14.9. The van der Waals surface area contributed by atoms with Crippen molar-refractivity contribution in [2.75, 3.05) is 25.0 Å². The van der Waals surface area contributed by atoms with E-state index in [2.05, 4.69) is 21.3 Å². The fourth-order valence-corrected chi connectivity index (χ4v) is 9.04. The van der Waals surface area contributed by atoms with Crippen molar-refractivity contribution in [2.45, 2.75) is 108 Å². The Morgan fingerprint density at radius 1 is 0.887 bits per heavy atom. The summed E-state index contributed by atoms with van der Waals surface area (Å²) in [5.41, 5.74) is 0.256. The molecule has 0 unspecified atom stereocenters. The first kappa shape index (κ1) is 46.0. The number of nitrogens with zero attached hydrogens (tertiary/aromatic N) is 3. The average molecular weight is 890 g/mol. The van der Waals surface area contributed by atoms with Crippen LogP contribution < -0.4 is 21.3 Å². The number of hydrogen-bond donors (Lipinski definition) is 6. The maximum Gasteiger partial charge on any atom is 0.469 e. The number of cyclic esters (lactones) is 1. The van der Waals surface area contributed by atoms with E-state index in [1.165, 1.54) is 23.6 Å². The topological polar surface area (TPSA) is 253 Å². The molecule has 2 aromatic rings. The normalized spacial score (nSPS) is 28.0. The fraction of sp³-hybridized carbons (Fsp3) is 0.525. The molecule has 4 fully saturated rings. The van der Waals surface area contributed by atoms with Crippen LogP contribution in [0.25, 0.3) is 0 Å². The number of amides is 7. The van der Waals surface area contributed by atoms with Crippen LogP contribution in [0.2, 0.25) is 0 Å². The van der Waals surface area contributed by atoms with Crippen molar-refractivity contribution in [3.8, 4) is 0 Å². The van der Waals surface area contributed by atoms with Gasteiger partial charge in [0.2, 0.25) is 29.5 Å². The molecule has 2 aromatic carbocycles. The Hall–Kier alpha value is -5.50. The minimum Gasteiger partial charge on any atom is -0.458 e. The summed E-state index contributed by atoms with van der Waals surface area (Å²) in [7, 11) is -5.20. The highest BCUT2D eigenvalue weighted by molar-refractivity contribution is 7.46. The van der Waals surface area contributed by atoms with Gasteiger partial charge in [-0.15, -0.1) is 0 Å². The summed E-state index contributed by atoms with van der Waals surface area (Å²) in [5, 5.41) is 10.2. The standard InChI is InChI=1S/C40H50F2N7O12P/c1-21-13-32-39(55)60-23(3)33(46-34(50)29(16-24-14-25(41)17-26(42)15-24)45-40(56)44-27-9-5-4-6-10-27)38(54)49-20-28(61-62(57,58)59)18-31(49)37(53)47-12-8-7-11-30(47)35(51)43-22(2)36(52)48(32)19-21/h4-6,9-10,14-15,17,21-23,28-33H,7-8,11-13,16,18-20H2,1-3H3,(H,43,51)(H,46,50)(H2,44,45,56)(H2,57,58,59)/t21-,22+,23+,28-,29+,30+,31+,32+,33+/m1/s1. The molecular formula is C40H50F2N7O12P. The Morgan fingerprint density at radius 2 is 1.56 bits per heavy atom. The highest BCUT2D eigenvalue weighted by atomic mass is 31.2. The number of rotatable bonds is 8. The molecule has 0 bridgehead atoms. The maximum atomic E-state index is 14.9. The number of piperidine rings is 1. The summed E-state index contributed by atoms with van der Waals surface area (Å²) < 4.78 is 51.6. The number of fused-ring (bicyclic) bond motifs is 3. The zero-order valence-electron chi connectivity index (χ0n) is 34.2. The van der Waals surface area contributed by atoms with Crippen LogP contribution in [-0.4, -0.2) is 134 Å². The lowest BCUT2D eigenvalue weighted by molar-refractivity contribution is -0.163. The van der Waals surface area contributed by atoms with Crippen LogP contribution >= 0.6 is 7.82 Å². The summed E-state index contributed by atoms with van der Waals surface area (Å²) in [6, 6.07) is 1.15. The fourth-order valence-electron chi connectivity index (χ4n) is 8.50. The largest absolute Gasteiger partial charge is 0.469 e. The molecule has 0 spiro atoms. The summed E-state index contributed by atoms with van der Waals surface area (Å²) in [5.74, 6) is -7.35. The lowest BCUT2D eigenvalue weighted by atomic mass is 9.98. The molecule has 4 aliphatic heterocycles. The molecular weight excluding hydrogens is 839 g/mol. The van der Waals surface area contributed by atoms with E-state index in [0.717, 1.165) is 17.0 Å². The smallest absolute Gasteiger partial charge is 0.458 e. The van der Waals surface area contributed by atoms with Gasteiger partial charge in [0.05, 0.1) is 6.10 Å². The SMILES string of the molecule is C[C@@H]1C[C@H]2C(=O)O[C@@H](C)[C@H](NC(=O)[C@H](Cc3cc(F)cc(F)c3)NC(=O)Nc3ccccc3)C(=O)N3C[C@H](OP(=O)(O)O)C[C@H]3C(=O)N3CCCC[C@H]3C(=O)N[C@@H](C)C(=O)N2C1. The van der Waals surface area contributed by atoms with Gasteiger partial charge in [0.15, 0.2) is 0 Å². The van der Waals surface area contributed by atoms with Gasteiger partial charge in [-0.25, -0.2) is 22.9 Å². The Bertz CT molecular complexity index is 2090. The molecule has 4 saturated heterocycles. The van der Waals surface area contributed by atoms with E-state index in [1.807, 2.05) is 0 Å². The highest BCUT2D eigenvalue weighted by Crippen LogP contribution is 2.41. The molecule has 4 heterocycles. The molecule has 9 atom stereocenters. The van der Waals surface area contributed by atoms with Gasteiger partial charge in [-0.05, 0) is 75.3 Å². The second kappa shape index (κ2) is 19.3. The summed E-state index contributed by atoms with van der Waals surface area (Å²) in [6.07, 6.45) is -2.64. The van der Waals surface area contributed by atoms with E-state index in [1.54, 1.807) is 37.3 Å². The monoisotopic (exact) mass is 889 g/mol. The van der Waals surface area contributed by atoms with Gasteiger partial charge in [-0.2, -0.15) is 0 Å². The van der Waals surface area contributed by atoms with Gasteiger partial charge in [-0.1, -0.05) is 25.1 Å². The number of esters is 1. The number of nitrogens with one attached hydrogen (secondary N) is 4. The lowest BCUT2D eigenvalue weighted by Gasteiger charge is -2.39. The third kappa shape index (κ3) is 11.1. The molecule has 4 aliphatic rings. The Balaban J connectivity index is 1.39. The van der Waals surface area contributed by atoms with Gasteiger partial charge in [-0.3, -0.25) is 28.5 Å². The van der Waals surface area contributed by atoms with E-state index in [-0.39, 0.29) is 37.4 Å². The van der Waals surface area contributed by atoms with Crippen molar-refractivity contribution in [3.05, 3.63) is 65.7 Å². The molecule has 6 N–H and O–H groups in total. The molecule has 19 nitrogen and oxygen atoms in total. The Labute approximate surface area is 355 Å². The third-order valence-corrected chi connectivity index (χ3v) is 11.9. The van der Waals surface area contributed by atoms with E-state index >= 15 is 0 Å². The van der Waals surface area contributed by atoms with Crippen molar-refractivity contribution in [2.24, 2.45) is 5.92 Å². The van der Waals surface area contributed by atoms with Crippen molar-refractivity contribution in [1.82, 2.24) is 30.7 Å². The van der Waals surface area contributed by atoms with E-state index in [0.29, 0.717) is 24.6 Å². The number of para-hydroxylation sites is 1. The zero-order chi connectivity index (χ0) is 45.0. The molecule has 0 aliphatic carbocycles. The number of carbonyl (C=O) groups is 7. The minimum atomic E-state index is -5.20. The van der Waals surface area contributed by atoms with Crippen LogP contribution in [0.3, 0.4) is 0 Å². The van der Waals surface area contributed by atoms with Gasteiger partial charge in [0, 0.05) is 44.2 Å². The molecule has 7 amide bonds. The molecule has 22 heteroatoms. The molecule has 62 heavy (non-hydrogen) atoms. The number of anilines is 1. The van der Waals surface area contributed by atoms with Gasteiger partial charge < -0.3 is 50.5 Å². The van der Waals surface area contributed by atoms with Crippen molar-refractivity contribution in [3.63, 3.8) is 0 Å². The van der Waals surface area contributed by atoms with Gasteiger partial charge in [0.1, 0.15) is 54.0 Å². The number of halogens is 2. The lowest BCUT2D eigenvalue weighted by Crippen LogP contribution is -2.63. The first-order chi connectivity index (χ1) is 29.3. The quantitative estimate of drug-likeness (QED) is 0.162. The summed E-state index contributed by atoms with van der Waals surface area (Å²) >= 11 is 0. The number of phosphoric acid groups is 1. The number of ether oxygens (including phenoxy) is 1. The Morgan fingerprint density at radius 3 is 2.24 bits per heavy atom. The van der Waals surface area contributed by atoms with Crippen LogP contribution in [0.5, 0.6) is 0 Å². The van der Waals surface area contributed by atoms with Crippen LogP contribution in [0.15, 0.2) is 48.5 Å². The molecule has 0 saturated carbocycles. The van der Waals surface area contributed by atoms with Crippen molar-refractivity contribution < 1.29 is 66.0 Å². The third-order valence-electron chi connectivity index (χ3n) is 11.4. The first-order valence-corrected chi connectivity index (χ1v) is 21.8. The molecule has 0 aromatic heterocycles. The predicted octanol–water partition coefficient (Wildman–Crippen LogP) is 1.33. The molecule has 6 rings (SSSR count). The number of benzene rings is 2. The van der Waals surface area contributed by atoms with Crippen LogP contribution in [0.1, 0.15) is 58.4 Å². The number of urea groups is 1. The number of phosphoric ester groups is 1. The summed E-state index contributed by atoms with van der Waals surface area (Å²) in [4.78, 5) is 122. The second-order valence-corrected chi connectivity index (χ2v) is 17.4. The zero-order valence-corrected chi connectivity index (χ0v) is 35.1. The van der Waals surface area contributed by atoms with E-state index < -0.39 is 129 Å². The van der Waals surface area contributed by atoms with E-state index in [9.17, 15) is 56.7 Å². The van der Waals surface area contributed by atoms with E-state index in [4.69, 9.17) is 9.26 Å². The number of carbonyl (C=O) groups excluding carboxylic acids is 7. The minimum absolute atomic E-state index is 0.0563. The Kier molecular flexibility index (Phi) is 14.3. The second-order valence-electron chi connectivity index (χ2n) is 16.2. The van der Waals surface area contributed by atoms with Crippen molar-refractivity contribution in [1.29, 1.82) is 0 Å². The number of hydrogen-bond acceptors (Lipinski definition) is 10. The van der Waals surface area contributed by atoms with Crippen LogP contribution in [0.4, 0.5) is 19.3 Å². The van der Waals surface area contributed by atoms with Gasteiger partial charge in [0.25, 0.3) is 0 Å². The first-order valence-electron chi connectivity index (χ1n) is 20.3. The van der Waals surface area contributed by atoms with Crippen LogP contribution in [0, 0.1) is 17.6 Å². The van der Waals surface area contributed by atoms with Gasteiger partial charge >= 0.3 is 19.8 Å². The van der Waals surface area contributed by atoms with Crippen molar-refractivity contribution >= 4 is 55.0 Å². The molecule has 0 radical (unpaired) electrons.